The van der Waals surface area contributed by atoms with Crippen LogP contribution in [0.25, 0.3) is 10.2 Å². The van der Waals surface area contributed by atoms with E-state index in [2.05, 4.69) is 20.9 Å². The largest absolute Gasteiger partial charge is 0.459 e. The van der Waals surface area contributed by atoms with Crippen LogP contribution in [0, 0.1) is 6.92 Å². The fraction of sp³-hybridized carbons (Fsp3) is 0.0476. The summed E-state index contributed by atoms with van der Waals surface area (Å²) in [7, 11) is 0. The van der Waals surface area contributed by atoms with Gasteiger partial charge in [0.2, 0.25) is 0 Å². The van der Waals surface area contributed by atoms with Gasteiger partial charge in [0, 0.05) is 11.3 Å². The molecular formula is C21H16N4O3S2. The van der Waals surface area contributed by atoms with Crippen molar-refractivity contribution in [1.82, 2.24) is 10.3 Å². The number of furan rings is 1. The van der Waals surface area contributed by atoms with Crippen molar-refractivity contribution in [2.24, 2.45) is 0 Å². The molecule has 2 amide bonds. The number of hydrogen-bond donors (Lipinski definition) is 3. The number of hydrogen-bond acceptors (Lipinski definition) is 6. The topological polar surface area (TPSA) is 96.3 Å². The molecule has 0 aliphatic rings. The zero-order chi connectivity index (χ0) is 21.1. The molecule has 30 heavy (non-hydrogen) atoms. The molecule has 0 unspecified atom stereocenters. The summed E-state index contributed by atoms with van der Waals surface area (Å²) in [6.07, 6.45) is 1.44. The predicted octanol–water partition coefficient (Wildman–Crippen LogP) is 4.58. The van der Waals surface area contributed by atoms with Crippen LogP contribution < -0.4 is 16.0 Å². The standard InChI is InChI=1S/C21H16N4O3S2/c1-12-5-2-3-6-14(12)18(26)24-20(29)22-13-8-9-15-17(11-13)30-21(23-15)25-19(27)16-7-4-10-28-16/h2-11H,1H3,(H,23,25,27)(H2,22,24,26,29). The summed E-state index contributed by atoms with van der Waals surface area (Å²) < 4.78 is 5.93. The van der Waals surface area contributed by atoms with E-state index in [0.29, 0.717) is 16.4 Å². The van der Waals surface area contributed by atoms with E-state index in [1.165, 1.54) is 17.6 Å². The number of amides is 2. The monoisotopic (exact) mass is 436 g/mol. The predicted molar refractivity (Wildman–Crippen MR) is 121 cm³/mol. The Morgan fingerprint density at radius 1 is 1.03 bits per heavy atom. The lowest BCUT2D eigenvalue weighted by Gasteiger charge is -2.10. The first-order valence-electron chi connectivity index (χ1n) is 8.93. The zero-order valence-electron chi connectivity index (χ0n) is 15.8. The number of benzene rings is 2. The molecule has 0 fully saturated rings. The number of carbonyl (C=O) groups excluding carboxylic acids is 2. The first kappa shape index (κ1) is 19.7. The molecule has 0 bridgehead atoms. The van der Waals surface area contributed by atoms with Crippen molar-refractivity contribution in [3.63, 3.8) is 0 Å². The Morgan fingerprint density at radius 2 is 1.87 bits per heavy atom. The van der Waals surface area contributed by atoms with Crippen molar-refractivity contribution in [2.75, 3.05) is 10.6 Å². The Bertz CT molecular complexity index is 1250. The van der Waals surface area contributed by atoms with Crippen molar-refractivity contribution in [1.29, 1.82) is 0 Å². The Kier molecular flexibility index (Phi) is 5.55. The second-order valence-corrected chi connectivity index (χ2v) is 7.80. The first-order chi connectivity index (χ1) is 14.5. The molecular weight excluding hydrogens is 420 g/mol. The third kappa shape index (κ3) is 4.37. The summed E-state index contributed by atoms with van der Waals surface area (Å²) in [4.78, 5) is 28.9. The minimum absolute atomic E-state index is 0.193. The number of nitrogens with zero attached hydrogens (tertiary/aromatic N) is 1. The van der Waals surface area contributed by atoms with Gasteiger partial charge in [0.1, 0.15) is 0 Å². The van der Waals surface area contributed by atoms with Gasteiger partial charge in [-0.1, -0.05) is 29.5 Å². The van der Waals surface area contributed by atoms with Crippen LogP contribution in [-0.2, 0) is 0 Å². The van der Waals surface area contributed by atoms with Crippen molar-refractivity contribution >= 4 is 61.5 Å². The highest BCUT2D eigenvalue weighted by atomic mass is 32.1. The maximum atomic E-state index is 12.4. The lowest BCUT2D eigenvalue weighted by atomic mass is 10.1. The van der Waals surface area contributed by atoms with Gasteiger partial charge in [0.05, 0.1) is 16.5 Å². The van der Waals surface area contributed by atoms with E-state index in [4.69, 9.17) is 16.6 Å². The van der Waals surface area contributed by atoms with Gasteiger partial charge in [-0.05, 0) is 61.1 Å². The Morgan fingerprint density at radius 3 is 2.63 bits per heavy atom. The smallest absolute Gasteiger partial charge is 0.293 e. The van der Waals surface area contributed by atoms with Crippen LogP contribution in [0.1, 0.15) is 26.5 Å². The van der Waals surface area contributed by atoms with Crippen molar-refractivity contribution < 1.29 is 14.0 Å². The number of rotatable bonds is 4. The number of aryl methyl sites for hydroxylation is 1. The summed E-state index contributed by atoms with van der Waals surface area (Å²) in [6.45, 7) is 1.87. The molecule has 0 saturated carbocycles. The van der Waals surface area contributed by atoms with E-state index >= 15 is 0 Å². The van der Waals surface area contributed by atoms with Crippen LogP contribution in [0.3, 0.4) is 0 Å². The maximum absolute atomic E-state index is 12.4. The summed E-state index contributed by atoms with van der Waals surface area (Å²) in [6, 6.07) is 16.0. The minimum atomic E-state index is -0.363. The van der Waals surface area contributed by atoms with E-state index in [9.17, 15) is 9.59 Å². The molecule has 2 heterocycles. The Balaban J connectivity index is 1.43. The van der Waals surface area contributed by atoms with Crippen LogP contribution in [0.2, 0.25) is 0 Å². The van der Waals surface area contributed by atoms with Crippen LogP contribution in [0.4, 0.5) is 10.8 Å². The highest BCUT2D eigenvalue weighted by Gasteiger charge is 2.13. The van der Waals surface area contributed by atoms with Gasteiger partial charge in [-0.25, -0.2) is 4.98 Å². The SMILES string of the molecule is Cc1ccccc1C(=O)NC(=S)Nc1ccc2nc(NC(=O)c3ccco3)sc2c1. The van der Waals surface area contributed by atoms with Crippen molar-refractivity contribution in [2.45, 2.75) is 6.92 Å². The second-order valence-electron chi connectivity index (χ2n) is 6.36. The molecule has 0 spiro atoms. The van der Waals surface area contributed by atoms with Gasteiger partial charge < -0.3 is 9.73 Å². The Hall–Kier alpha value is -3.56. The lowest BCUT2D eigenvalue weighted by Crippen LogP contribution is -2.34. The second kappa shape index (κ2) is 8.44. The molecule has 7 nitrogen and oxygen atoms in total. The van der Waals surface area contributed by atoms with Crippen molar-refractivity contribution in [3.8, 4) is 0 Å². The maximum Gasteiger partial charge on any atom is 0.293 e. The molecule has 0 radical (unpaired) electrons. The zero-order valence-corrected chi connectivity index (χ0v) is 17.4. The summed E-state index contributed by atoms with van der Waals surface area (Å²) >= 11 is 6.58. The molecule has 0 aliphatic carbocycles. The van der Waals surface area contributed by atoms with E-state index in [1.54, 1.807) is 30.3 Å². The highest BCUT2D eigenvalue weighted by Crippen LogP contribution is 2.28. The highest BCUT2D eigenvalue weighted by molar-refractivity contribution is 7.80. The molecule has 2 aromatic carbocycles. The summed E-state index contributed by atoms with van der Waals surface area (Å²) in [5, 5.41) is 9.05. The first-order valence-corrected chi connectivity index (χ1v) is 10.2. The number of nitrogens with one attached hydrogen (secondary N) is 3. The molecule has 4 aromatic rings. The van der Waals surface area contributed by atoms with Gasteiger partial charge in [-0.15, -0.1) is 0 Å². The molecule has 2 aromatic heterocycles. The summed E-state index contributed by atoms with van der Waals surface area (Å²) in [5.74, 6) is -0.420. The average molecular weight is 437 g/mol. The van der Waals surface area contributed by atoms with Gasteiger partial charge in [0.25, 0.3) is 11.8 Å². The molecule has 4 rings (SSSR count). The number of thiocarbonyl (C=S) groups is 1. The minimum Gasteiger partial charge on any atom is -0.459 e. The number of carbonyl (C=O) groups is 2. The normalized spacial score (nSPS) is 10.6. The number of thiazole rings is 1. The molecule has 0 saturated heterocycles. The molecule has 3 N–H and O–H groups in total. The van der Waals surface area contributed by atoms with Crippen LogP contribution >= 0.6 is 23.6 Å². The molecule has 0 aliphatic heterocycles. The fourth-order valence-electron chi connectivity index (χ4n) is 2.78. The van der Waals surface area contributed by atoms with Gasteiger partial charge in [-0.3, -0.25) is 20.2 Å². The number of aromatic nitrogens is 1. The van der Waals surface area contributed by atoms with Gasteiger partial charge in [0.15, 0.2) is 16.0 Å². The van der Waals surface area contributed by atoms with E-state index in [1.807, 2.05) is 31.2 Å². The van der Waals surface area contributed by atoms with Gasteiger partial charge in [-0.2, -0.15) is 0 Å². The van der Waals surface area contributed by atoms with Crippen LogP contribution in [-0.4, -0.2) is 21.9 Å². The van der Waals surface area contributed by atoms with Crippen molar-refractivity contribution in [3.05, 3.63) is 77.7 Å². The molecule has 9 heteroatoms. The van der Waals surface area contributed by atoms with E-state index in [-0.39, 0.29) is 22.7 Å². The van der Waals surface area contributed by atoms with E-state index < -0.39 is 0 Å². The Labute approximate surface area is 181 Å². The number of fused-ring (bicyclic) bond motifs is 1. The third-order valence-electron chi connectivity index (χ3n) is 4.23. The van der Waals surface area contributed by atoms with Crippen LogP contribution in [0.5, 0.6) is 0 Å². The van der Waals surface area contributed by atoms with Gasteiger partial charge >= 0.3 is 0 Å². The fourth-order valence-corrected chi connectivity index (χ4v) is 3.89. The lowest BCUT2D eigenvalue weighted by molar-refractivity contribution is 0.0974. The summed E-state index contributed by atoms with van der Waals surface area (Å²) in [5.41, 5.74) is 2.87. The number of anilines is 2. The average Bonchev–Trinajstić information content (AvgIpc) is 3.37. The third-order valence-corrected chi connectivity index (χ3v) is 5.37. The molecule has 0 atom stereocenters. The van der Waals surface area contributed by atoms with Crippen LogP contribution in [0.15, 0.2) is 65.3 Å². The van der Waals surface area contributed by atoms with E-state index in [0.717, 1.165) is 15.8 Å². The molecule has 150 valence electrons. The quantitative estimate of drug-likeness (QED) is 0.405.